The van der Waals surface area contributed by atoms with E-state index in [9.17, 15) is 9.90 Å². The fraction of sp³-hybridized carbons (Fsp3) is 0.389. The maximum absolute atomic E-state index is 12.3. The number of hydrogen-bond donors (Lipinski definition) is 1. The Morgan fingerprint density at radius 3 is 2.76 bits per heavy atom. The third kappa shape index (κ3) is 2.77. The molecule has 0 spiro atoms. The van der Waals surface area contributed by atoms with Crippen molar-refractivity contribution in [2.75, 3.05) is 0 Å². The predicted octanol–water partition coefficient (Wildman–Crippen LogP) is 4.28. The van der Waals surface area contributed by atoms with E-state index in [0.717, 1.165) is 40.4 Å². The topological polar surface area (TPSA) is 37.3 Å². The molecule has 3 rings (SSSR count). The van der Waals surface area contributed by atoms with Crippen molar-refractivity contribution < 1.29 is 9.90 Å². The maximum atomic E-state index is 12.3. The lowest BCUT2D eigenvalue weighted by Gasteiger charge is -2.43. The predicted molar refractivity (Wildman–Crippen MR) is 87.8 cm³/mol. The molecule has 1 fully saturated rings. The van der Waals surface area contributed by atoms with E-state index in [0.29, 0.717) is 6.42 Å². The third-order valence-corrected chi connectivity index (χ3v) is 5.31. The minimum absolute atomic E-state index is 0.0968. The molecule has 2 nitrogen and oxygen atoms in total. The van der Waals surface area contributed by atoms with Crippen LogP contribution in [0.5, 0.6) is 0 Å². The number of halogens is 1. The van der Waals surface area contributed by atoms with Gasteiger partial charge in [0.1, 0.15) is 0 Å². The summed E-state index contributed by atoms with van der Waals surface area (Å²) < 4.78 is 1.02. The molecule has 0 radical (unpaired) electrons. The number of carbonyl (C=O) groups is 1. The van der Waals surface area contributed by atoms with Crippen LogP contribution in [0, 0.1) is 5.41 Å². The molecule has 1 saturated carbocycles. The summed E-state index contributed by atoms with van der Waals surface area (Å²) in [4.78, 5) is 12.3. The van der Waals surface area contributed by atoms with Crippen LogP contribution in [0.3, 0.4) is 0 Å². The molecule has 1 aromatic carbocycles. The lowest BCUT2D eigenvalue weighted by molar-refractivity contribution is -0.112. The molecule has 1 aromatic rings. The number of hydrogen-bond acceptors (Lipinski definition) is 2. The highest BCUT2D eigenvalue weighted by Gasteiger charge is 2.43. The summed E-state index contributed by atoms with van der Waals surface area (Å²) in [5.41, 5.74) is 2.67. The monoisotopic (exact) mass is 346 g/mol. The first-order valence-corrected chi connectivity index (χ1v) is 8.18. The highest BCUT2D eigenvalue weighted by atomic mass is 79.9. The number of benzene rings is 1. The van der Waals surface area contributed by atoms with Crippen LogP contribution in [0.1, 0.15) is 38.2 Å². The first-order chi connectivity index (χ1) is 9.99. The second kappa shape index (κ2) is 5.54. The number of carbonyl (C=O) groups excluding carboxylic acids is 1. The molecule has 21 heavy (non-hydrogen) atoms. The van der Waals surface area contributed by atoms with E-state index in [1.807, 2.05) is 30.3 Å². The summed E-state index contributed by atoms with van der Waals surface area (Å²) in [5.74, 6) is 0.0968. The van der Waals surface area contributed by atoms with Crippen LogP contribution in [-0.4, -0.2) is 17.0 Å². The van der Waals surface area contributed by atoms with Gasteiger partial charge >= 0.3 is 0 Å². The molecule has 0 unspecified atom stereocenters. The summed E-state index contributed by atoms with van der Waals surface area (Å²) in [7, 11) is 0. The number of ketones is 1. The van der Waals surface area contributed by atoms with Gasteiger partial charge in [-0.05, 0) is 55.5 Å². The Balaban J connectivity index is 1.96. The number of allylic oxidation sites excluding steroid dienone is 2. The maximum Gasteiger partial charge on any atom is 0.181 e. The Hall–Kier alpha value is -1.19. The van der Waals surface area contributed by atoms with Crippen molar-refractivity contribution in [1.29, 1.82) is 0 Å². The van der Waals surface area contributed by atoms with Gasteiger partial charge in [0.25, 0.3) is 0 Å². The normalized spacial score (nSPS) is 31.0. The van der Waals surface area contributed by atoms with Crippen molar-refractivity contribution >= 4 is 27.8 Å². The highest BCUT2D eigenvalue weighted by Crippen LogP contribution is 2.48. The Bertz CT molecular complexity index is 627. The minimum atomic E-state index is -0.348. The summed E-state index contributed by atoms with van der Waals surface area (Å²) in [6.07, 6.45) is 6.74. The van der Waals surface area contributed by atoms with E-state index in [2.05, 4.69) is 22.9 Å². The van der Waals surface area contributed by atoms with Crippen molar-refractivity contribution in [3.63, 3.8) is 0 Å². The zero-order valence-corrected chi connectivity index (χ0v) is 13.7. The van der Waals surface area contributed by atoms with E-state index in [1.54, 1.807) is 6.08 Å². The van der Waals surface area contributed by atoms with Gasteiger partial charge in [-0.2, -0.15) is 0 Å². The molecule has 3 heteroatoms. The lowest BCUT2D eigenvalue weighted by Crippen LogP contribution is -2.40. The molecule has 0 heterocycles. The lowest BCUT2D eigenvalue weighted by atomic mass is 9.63. The average Bonchev–Trinajstić information content (AvgIpc) is 2.45. The van der Waals surface area contributed by atoms with Gasteiger partial charge in [-0.3, -0.25) is 4.79 Å². The van der Waals surface area contributed by atoms with Crippen LogP contribution in [0.2, 0.25) is 0 Å². The van der Waals surface area contributed by atoms with Crippen LogP contribution in [-0.2, 0) is 4.79 Å². The third-order valence-electron chi connectivity index (χ3n) is 4.78. The molecule has 0 aromatic heterocycles. The van der Waals surface area contributed by atoms with Crippen molar-refractivity contribution in [2.45, 2.75) is 38.7 Å². The van der Waals surface area contributed by atoms with Gasteiger partial charge in [0, 0.05) is 15.5 Å². The van der Waals surface area contributed by atoms with Crippen LogP contribution in [0.25, 0.3) is 6.08 Å². The molecule has 0 amide bonds. The van der Waals surface area contributed by atoms with E-state index >= 15 is 0 Å². The number of rotatable bonds is 1. The highest BCUT2D eigenvalue weighted by molar-refractivity contribution is 9.10. The standard InChI is InChI=1S/C18H19BrO2/c1-18-11-13(9-12-5-7-15(19)8-6-12)16(20)10-14(18)3-2-4-17(18)21/h5-10,17,21H,2-4,11H2,1H3/t17-,18-/m0/s1. The van der Waals surface area contributed by atoms with Crippen LogP contribution in [0.15, 0.2) is 46.0 Å². The Morgan fingerprint density at radius 2 is 2.05 bits per heavy atom. The summed E-state index contributed by atoms with van der Waals surface area (Å²) in [5, 5.41) is 10.4. The van der Waals surface area contributed by atoms with Crippen LogP contribution >= 0.6 is 15.9 Å². The van der Waals surface area contributed by atoms with Gasteiger partial charge in [0.15, 0.2) is 5.78 Å². The molecule has 1 N–H and O–H groups in total. The van der Waals surface area contributed by atoms with Crippen molar-refractivity contribution in [3.8, 4) is 0 Å². The van der Waals surface area contributed by atoms with Gasteiger partial charge in [0.2, 0.25) is 0 Å². The first-order valence-electron chi connectivity index (χ1n) is 7.38. The summed E-state index contributed by atoms with van der Waals surface area (Å²) in [6.45, 7) is 2.09. The zero-order valence-electron chi connectivity index (χ0n) is 12.1. The Kier molecular flexibility index (Phi) is 3.89. The first kappa shape index (κ1) is 14.7. The van der Waals surface area contributed by atoms with Crippen molar-refractivity contribution in [3.05, 3.63) is 51.5 Å². The van der Waals surface area contributed by atoms with Crippen molar-refractivity contribution in [2.24, 2.45) is 5.41 Å². The van der Waals surface area contributed by atoms with E-state index < -0.39 is 0 Å². The van der Waals surface area contributed by atoms with Gasteiger partial charge in [-0.1, -0.05) is 40.6 Å². The fourth-order valence-corrected chi connectivity index (χ4v) is 3.65. The number of aliphatic hydroxyl groups excluding tert-OH is 1. The average molecular weight is 347 g/mol. The second-order valence-corrected chi connectivity index (χ2v) is 7.17. The molecule has 2 atom stereocenters. The largest absolute Gasteiger partial charge is 0.392 e. The quantitative estimate of drug-likeness (QED) is 0.770. The Labute approximate surface area is 133 Å². The van der Waals surface area contributed by atoms with Crippen molar-refractivity contribution in [1.82, 2.24) is 0 Å². The minimum Gasteiger partial charge on any atom is -0.392 e. The molecular weight excluding hydrogens is 328 g/mol. The summed E-state index contributed by atoms with van der Waals surface area (Å²) >= 11 is 3.41. The van der Waals surface area contributed by atoms with Crippen LogP contribution in [0.4, 0.5) is 0 Å². The van der Waals surface area contributed by atoms with Gasteiger partial charge < -0.3 is 5.11 Å². The van der Waals surface area contributed by atoms with Gasteiger partial charge in [-0.25, -0.2) is 0 Å². The van der Waals surface area contributed by atoms with E-state index in [-0.39, 0.29) is 17.3 Å². The summed E-state index contributed by atoms with van der Waals surface area (Å²) in [6, 6.07) is 7.92. The molecule has 2 aliphatic carbocycles. The molecule has 0 bridgehead atoms. The van der Waals surface area contributed by atoms with E-state index in [4.69, 9.17) is 0 Å². The van der Waals surface area contributed by atoms with E-state index in [1.165, 1.54) is 0 Å². The smallest absolute Gasteiger partial charge is 0.181 e. The van der Waals surface area contributed by atoms with Gasteiger partial charge in [-0.15, -0.1) is 0 Å². The fourth-order valence-electron chi connectivity index (χ4n) is 3.39. The second-order valence-electron chi connectivity index (χ2n) is 6.26. The van der Waals surface area contributed by atoms with Gasteiger partial charge in [0.05, 0.1) is 6.10 Å². The number of fused-ring (bicyclic) bond motifs is 1. The Morgan fingerprint density at radius 1 is 1.33 bits per heavy atom. The zero-order chi connectivity index (χ0) is 15.0. The molecule has 0 aliphatic heterocycles. The number of aliphatic hydroxyl groups is 1. The molecular formula is C18H19BrO2. The molecule has 110 valence electrons. The molecule has 0 saturated heterocycles. The molecule has 2 aliphatic rings. The SMILES string of the molecule is C[C@]12CC(=Cc3ccc(Br)cc3)C(=O)C=C1CCC[C@@H]2O. The van der Waals surface area contributed by atoms with Crippen LogP contribution < -0.4 is 0 Å².